The van der Waals surface area contributed by atoms with Crippen LogP contribution in [0.4, 0.5) is 0 Å². The van der Waals surface area contributed by atoms with Crippen LogP contribution in [0.15, 0.2) is 109 Å². The van der Waals surface area contributed by atoms with E-state index in [0.717, 1.165) is 0 Å². The van der Waals surface area contributed by atoms with Crippen molar-refractivity contribution in [2.24, 2.45) is 0 Å². The second-order valence-corrected chi connectivity index (χ2v) is 7.79. The summed E-state index contributed by atoms with van der Waals surface area (Å²) < 4.78 is 0. The first-order valence-corrected chi connectivity index (χ1v) is 10.3. The van der Waals surface area contributed by atoms with E-state index in [1.54, 1.807) is 85.0 Å². The number of rotatable bonds is 8. The molecule has 4 rings (SSSR count). The molecule has 9 nitrogen and oxygen atoms in total. The largest absolute Gasteiger partial charge is 0.269 e. The van der Waals surface area contributed by atoms with Gasteiger partial charge in [-0.1, -0.05) is 72.8 Å². The van der Waals surface area contributed by atoms with Gasteiger partial charge in [-0.15, -0.1) is 0 Å². The molecule has 0 aliphatic heterocycles. The minimum absolute atomic E-state index is 0.164. The summed E-state index contributed by atoms with van der Waals surface area (Å²) in [6, 6.07) is 17.7. The Hall–Kier alpha value is -4.24. The molecular formula is C24H22N4O5. The molecule has 0 aromatic heterocycles. The molecule has 0 saturated carbocycles. The molecule has 0 bridgehead atoms. The van der Waals surface area contributed by atoms with Gasteiger partial charge < -0.3 is 0 Å². The third-order valence-electron chi connectivity index (χ3n) is 5.88. The highest BCUT2D eigenvalue weighted by Gasteiger charge is 2.43. The van der Waals surface area contributed by atoms with Gasteiger partial charge in [0.05, 0.1) is 11.4 Å². The molecular weight excluding hydrogens is 424 g/mol. The summed E-state index contributed by atoms with van der Waals surface area (Å²) in [6.07, 6.45) is 9.98. The molecule has 0 spiro atoms. The molecule has 9 heteroatoms. The van der Waals surface area contributed by atoms with Gasteiger partial charge in [-0.25, -0.2) is 11.0 Å². The molecule has 2 aliphatic rings. The quantitative estimate of drug-likeness (QED) is 0.464. The highest BCUT2D eigenvalue weighted by Crippen LogP contribution is 2.35. The number of hydrogen-bond donors (Lipinski definition) is 2. The molecule has 2 aromatic rings. The van der Waals surface area contributed by atoms with Gasteiger partial charge in [0.1, 0.15) is 0 Å². The molecule has 2 aliphatic carbocycles. The molecule has 0 amide bonds. The minimum Gasteiger partial charge on any atom is -0.263 e. The summed E-state index contributed by atoms with van der Waals surface area (Å²) in [5, 5.41) is 23.6. The Bertz CT molecular complexity index is 1070. The van der Waals surface area contributed by atoms with E-state index in [-0.39, 0.29) is 22.7 Å². The van der Waals surface area contributed by atoms with Gasteiger partial charge in [0.15, 0.2) is 0 Å². The van der Waals surface area contributed by atoms with Crippen LogP contribution in [0.1, 0.15) is 24.0 Å². The van der Waals surface area contributed by atoms with Crippen LogP contribution in [0.5, 0.6) is 0 Å². The molecule has 0 heterocycles. The van der Waals surface area contributed by atoms with Crippen LogP contribution < -0.4 is 11.0 Å². The highest BCUT2D eigenvalue weighted by molar-refractivity contribution is 5.36. The van der Waals surface area contributed by atoms with Crippen molar-refractivity contribution in [2.45, 2.75) is 23.9 Å². The van der Waals surface area contributed by atoms with Gasteiger partial charge in [-0.05, 0) is 24.3 Å². The average molecular weight is 446 g/mol. The van der Waals surface area contributed by atoms with E-state index in [1.165, 1.54) is 0 Å². The van der Waals surface area contributed by atoms with Crippen molar-refractivity contribution in [3.05, 3.63) is 140 Å². The van der Waals surface area contributed by atoms with Crippen molar-refractivity contribution in [2.75, 3.05) is 0 Å². The fourth-order valence-electron chi connectivity index (χ4n) is 3.92. The fraction of sp³-hybridized carbons (Fsp3) is 0.167. The van der Waals surface area contributed by atoms with Crippen molar-refractivity contribution >= 4 is 0 Å². The molecule has 2 unspecified atom stereocenters. The number of nitro groups is 2. The standard InChI is InChI=1S/C24H22N4O5/c29-27(30)23(19-7-3-1-4-8-19)15-11-21(12-16-23)25-33-26-22-13-17-24(18-14-22,28(31)32)20-9-5-2-6-10-20/h1-15,17,25-26H,16,18H2. The molecule has 0 fully saturated rings. The van der Waals surface area contributed by atoms with Crippen molar-refractivity contribution in [1.29, 1.82) is 0 Å². The topological polar surface area (TPSA) is 120 Å². The van der Waals surface area contributed by atoms with Crippen LogP contribution in [0.3, 0.4) is 0 Å². The van der Waals surface area contributed by atoms with Crippen LogP contribution in [0, 0.1) is 20.2 Å². The lowest BCUT2D eigenvalue weighted by atomic mass is 9.84. The maximum absolute atomic E-state index is 11.8. The van der Waals surface area contributed by atoms with Crippen LogP contribution in [0.2, 0.25) is 0 Å². The smallest absolute Gasteiger partial charge is 0.263 e. The maximum atomic E-state index is 11.8. The van der Waals surface area contributed by atoms with Crippen molar-refractivity contribution in [1.82, 2.24) is 11.0 Å². The monoisotopic (exact) mass is 446 g/mol. The number of nitrogens with zero attached hydrogens (tertiary/aromatic N) is 2. The molecule has 33 heavy (non-hydrogen) atoms. The highest BCUT2D eigenvalue weighted by atomic mass is 16.8. The summed E-state index contributed by atoms with van der Waals surface area (Å²) in [5.41, 5.74) is 5.08. The maximum Gasteiger partial charge on any atom is 0.269 e. The zero-order valence-electron chi connectivity index (χ0n) is 17.6. The number of hydroxylamine groups is 2. The lowest BCUT2D eigenvalue weighted by Crippen LogP contribution is -2.36. The first kappa shape index (κ1) is 22.0. The summed E-state index contributed by atoms with van der Waals surface area (Å²) in [4.78, 5) is 28.3. The van der Waals surface area contributed by atoms with E-state index in [4.69, 9.17) is 4.94 Å². The lowest BCUT2D eigenvalue weighted by Gasteiger charge is -2.25. The molecule has 0 saturated heterocycles. The van der Waals surface area contributed by atoms with Gasteiger partial charge in [0.2, 0.25) is 0 Å². The fourth-order valence-corrected chi connectivity index (χ4v) is 3.92. The Balaban J connectivity index is 1.36. The van der Waals surface area contributed by atoms with Gasteiger partial charge >= 0.3 is 0 Å². The normalized spacial score (nSPS) is 23.9. The van der Waals surface area contributed by atoms with Gasteiger partial charge in [-0.3, -0.25) is 20.2 Å². The second kappa shape index (κ2) is 9.09. The van der Waals surface area contributed by atoms with Crippen molar-refractivity contribution < 1.29 is 14.8 Å². The Morgan fingerprint density at radius 1 is 0.697 bits per heavy atom. The van der Waals surface area contributed by atoms with Crippen molar-refractivity contribution in [3.8, 4) is 0 Å². The minimum atomic E-state index is -1.32. The molecule has 2 N–H and O–H groups in total. The van der Waals surface area contributed by atoms with E-state index in [2.05, 4.69) is 11.0 Å². The number of nitrogens with one attached hydrogen (secondary N) is 2. The van der Waals surface area contributed by atoms with E-state index < -0.39 is 11.1 Å². The zero-order valence-corrected chi connectivity index (χ0v) is 17.6. The molecule has 168 valence electrons. The summed E-state index contributed by atoms with van der Waals surface area (Å²) in [7, 11) is 0. The Kier molecular flexibility index (Phi) is 6.05. The SMILES string of the molecule is O=[N+]([O-])C1(c2ccccc2)C=CC(NONC2=CCC(c3ccccc3)([N+](=O)[O-])C=C2)=CC1. The number of benzene rings is 2. The predicted molar refractivity (Wildman–Crippen MR) is 121 cm³/mol. The molecule has 2 aromatic carbocycles. The lowest BCUT2D eigenvalue weighted by molar-refractivity contribution is -0.563. The summed E-state index contributed by atoms with van der Waals surface area (Å²) in [6.45, 7) is 0. The van der Waals surface area contributed by atoms with Crippen LogP contribution in [-0.2, 0) is 16.0 Å². The van der Waals surface area contributed by atoms with Gasteiger partial charge in [0.25, 0.3) is 11.1 Å². The molecule has 0 radical (unpaired) electrons. The summed E-state index contributed by atoms with van der Waals surface area (Å²) >= 11 is 0. The Labute approximate surface area is 190 Å². The van der Waals surface area contributed by atoms with E-state index in [9.17, 15) is 20.2 Å². The summed E-state index contributed by atoms with van der Waals surface area (Å²) in [5.74, 6) is 0. The Morgan fingerprint density at radius 3 is 1.39 bits per heavy atom. The second-order valence-electron chi connectivity index (χ2n) is 7.79. The van der Waals surface area contributed by atoms with Gasteiger partial charge in [-0.2, -0.15) is 4.94 Å². The molecule has 2 atom stereocenters. The first-order valence-electron chi connectivity index (χ1n) is 10.3. The third-order valence-corrected chi connectivity index (χ3v) is 5.88. The van der Waals surface area contributed by atoms with Gasteiger partial charge in [0, 0.05) is 33.8 Å². The van der Waals surface area contributed by atoms with Crippen LogP contribution in [0.25, 0.3) is 0 Å². The average Bonchev–Trinajstić information content (AvgIpc) is 2.86. The van der Waals surface area contributed by atoms with E-state index >= 15 is 0 Å². The van der Waals surface area contributed by atoms with Crippen LogP contribution >= 0.6 is 0 Å². The first-order chi connectivity index (χ1) is 16.0. The predicted octanol–water partition coefficient (Wildman–Crippen LogP) is 4.04. The van der Waals surface area contributed by atoms with E-state index in [1.807, 2.05) is 12.1 Å². The number of allylic oxidation sites excluding steroid dienone is 2. The zero-order chi connectivity index (χ0) is 23.3. The van der Waals surface area contributed by atoms with E-state index in [0.29, 0.717) is 22.5 Å². The third kappa shape index (κ3) is 4.26. The van der Waals surface area contributed by atoms with Crippen molar-refractivity contribution in [3.63, 3.8) is 0 Å². The Morgan fingerprint density at radius 2 is 1.09 bits per heavy atom. The van der Waals surface area contributed by atoms with Crippen LogP contribution in [-0.4, -0.2) is 9.85 Å². The number of hydrogen-bond acceptors (Lipinski definition) is 7.